The highest BCUT2D eigenvalue weighted by atomic mass is 32.2. The lowest BCUT2D eigenvalue weighted by Crippen LogP contribution is -2.03. The number of hydrogen-bond donors (Lipinski definition) is 0. The second kappa shape index (κ2) is 5.64. The van der Waals surface area contributed by atoms with Crippen LogP contribution in [-0.4, -0.2) is 22.8 Å². The first kappa shape index (κ1) is 11.0. The molecule has 0 N–H and O–H groups in total. The van der Waals surface area contributed by atoms with Crippen molar-refractivity contribution in [2.24, 2.45) is 4.99 Å². The van der Waals surface area contributed by atoms with Crippen molar-refractivity contribution < 1.29 is 0 Å². The fourth-order valence-corrected chi connectivity index (χ4v) is 1.41. The Morgan fingerprint density at radius 3 is 2.18 bits per heavy atom. The molecule has 0 rings (SSSR count). The summed E-state index contributed by atoms with van der Waals surface area (Å²) in [6.07, 6.45) is 0. The van der Waals surface area contributed by atoms with E-state index in [1.165, 1.54) is 5.71 Å². The van der Waals surface area contributed by atoms with Crippen LogP contribution in [0.25, 0.3) is 0 Å². The summed E-state index contributed by atoms with van der Waals surface area (Å²) in [7, 11) is 0. The molecule has 0 aliphatic rings. The van der Waals surface area contributed by atoms with Crippen LogP contribution in [0.3, 0.4) is 0 Å². The molecule has 0 aromatic carbocycles. The first-order valence-corrected chi connectivity index (χ1v) is 5.22. The Bertz CT molecular complexity index is 128. The maximum Gasteiger partial charge on any atom is 0.0442 e. The molecular weight excluding hydrogens is 154 g/mol. The summed E-state index contributed by atoms with van der Waals surface area (Å²) in [6, 6.07) is 0.447. The van der Waals surface area contributed by atoms with Crippen LogP contribution in [0.4, 0.5) is 0 Å². The molecule has 11 heavy (non-hydrogen) atoms. The van der Waals surface area contributed by atoms with E-state index in [-0.39, 0.29) is 0 Å². The van der Waals surface area contributed by atoms with Crippen molar-refractivity contribution in [1.82, 2.24) is 0 Å². The van der Waals surface area contributed by atoms with Gasteiger partial charge in [0.25, 0.3) is 0 Å². The van der Waals surface area contributed by atoms with Crippen molar-refractivity contribution in [3.63, 3.8) is 0 Å². The minimum absolute atomic E-state index is 0.447. The van der Waals surface area contributed by atoms with Crippen molar-refractivity contribution >= 4 is 17.5 Å². The zero-order valence-corrected chi connectivity index (χ0v) is 9.03. The molecule has 0 amide bonds. The van der Waals surface area contributed by atoms with Gasteiger partial charge in [-0.2, -0.15) is 11.8 Å². The monoisotopic (exact) mass is 173 g/mol. The molecule has 0 aliphatic heterocycles. The number of rotatable bonds is 4. The molecule has 0 aromatic heterocycles. The molecule has 0 fully saturated rings. The Balaban J connectivity index is 3.59. The summed E-state index contributed by atoms with van der Waals surface area (Å²) in [5.41, 5.74) is 1.26. The lowest BCUT2D eigenvalue weighted by Gasteiger charge is -2.05. The number of aliphatic imine (C=N–C) groups is 1. The van der Waals surface area contributed by atoms with Gasteiger partial charge in [-0.25, -0.2) is 0 Å². The number of nitrogens with zero attached hydrogens (tertiary/aromatic N) is 1. The van der Waals surface area contributed by atoms with Crippen LogP contribution < -0.4 is 0 Å². The molecule has 66 valence electrons. The lowest BCUT2D eigenvalue weighted by molar-refractivity contribution is 0.834. The number of hydrogen-bond acceptors (Lipinski definition) is 2. The molecule has 0 aliphatic carbocycles. The van der Waals surface area contributed by atoms with Gasteiger partial charge in [-0.05, 0) is 26.0 Å². The molecule has 0 radical (unpaired) electrons. The summed E-state index contributed by atoms with van der Waals surface area (Å²) < 4.78 is 0. The molecule has 2 heteroatoms. The van der Waals surface area contributed by atoms with Crippen LogP contribution in [0.15, 0.2) is 4.99 Å². The van der Waals surface area contributed by atoms with Crippen molar-refractivity contribution in [3.05, 3.63) is 0 Å². The summed E-state index contributed by atoms with van der Waals surface area (Å²) in [5, 5.41) is 0.715. The van der Waals surface area contributed by atoms with Gasteiger partial charge in [0.05, 0.1) is 0 Å². The van der Waals surface area contributed by atoms with Crippen LogP contribution in [0.2, 0.25) is 0 Å². The van der Waals surface area contributed by atoms with Crippen LogP contribution in [0.5, 0.6) is 0 Å². The molecule has 0 unspecified atom stereocenters. The highest BCUT2D eigenvalue weighted by molar-refractivity contribution is 8.00. The van der Waals surface area contributed by atoms with E-state index in [9.17, 15) is 0 Å². The Hall–Kier alpha value is 0.0200. The van der Waals surface area contributed by atoms with Gasteiger partial charge in [0, 0.05) is 17.5 Å². The quantitative estimate of drug-likeness (QED) is 0.595. The van der Waals surface area contributed by atoms with Crippen molar-refractivity contribution in [1.29, 1.82) is 0 Å². The van der Waals surface area contributed by atoms with Crippen LogP contribution in [-0.2, 0) is 0 Å². The van der Waals surface area contributed by atoms with Gasteiger partial charge in [0.15, 0.2) is 0 Å². The predicted octanol–water partition coefficient (Wildman–Crippen LogP) is 3.00. The van der Waals surface area contributed by atoms with Gasteiger partial charge < -0.3 is 0 Å². The van der Waals surface area contributed by atoms with Gasteiger partial charge in [-0.3, -0.25) is 4.99 Å². The van der Waals surface area contributed by atoms with Crippen LogP contribution in [0, 0.1) is 0 Å². The fourth-order valence-electron chi connectivity index (χ4n) is 0.765. The first-order valence-electron chi connectivity index (χ1n) is 4.17. The van der Waals surface area contributed by atoms with E-state index < -0.39 is 0 Å². The van der Waals surface area contributed by atoms with Crippen molar-refractivity contribution in [2.75, 3.05) is 5.75 Å². The molecule has 0 atom stereocenters. The van der Waals surface area contributed by atoms with Gasteiger partial charge in [0.2, 0.25) is 0 Å². The van der Waals surface area contributed by atoms with Gasteiger partial charge in [-0.15, -0.1) is 0 Å². The Morgan fingerprint density at radius 1 is 1.27 bits per heavy atom. The second-order valence-corrected chi connectivity index (χ2v) is 4.88. The topological polar surface area (TPSA) is 12.4 Å². The SMILES string of the molecule is CC(CSC(C)C)=NC(C)C. The Kier molecular flexibility index (Phi) is 5.65. The van der Waals surface area contributed by atoms with Gasteiger partial charge >= 0.3 is 0 Å². The molecule has 1 nitrogen and oxygen atoms in total. The third-order valence-electron chi connectivity index (χ3n) is 1.10. The van der Waals surface area contributed by atoms with E-state index in [2.05, 4.69) is 39.6 Å². The van der Waals surface area contributed by atoms with Crippen LogP contribution >= 0.6 is 11.8 Å². The summed E-state index contributed by atoms with van der Waals surface area (Å²) >= 11 is 1.95. The third-order valence-corrected chi connectivity index (χ3v) is 2.36. The Morgan fingerprint density at radius 2 is 1.82 bits per heavy atom. The minimum atomic E-state index is 0.447. The van der Waals surface area contributed by atoms with E-state index >= 15 is 0 Å². The lowest BCUT2D eigenvalue weighted by atomic mass is 10.4. The minimum Gasteiger partial charge on any atom is -0.291 e. The molecule has 0 heterocycles. The second-order valence-electron chi connectivity index (χ2n) is 3.32. The highest BCUT2D eigenvalue weighted by Gasteiger charge is 1.97. The van der Waals surface area contributed by atoms with Gasteiger partial charge in [-0.1, -0.05) is 13.8 Å². The first-order chi connectivity index (χ1) is 5.02. The maximum absolute atomic E-state index is 4.45. The predicted molar refractivity (Wildman–Crippen MR) is 55.8 cm³/mol. The summed E-state index contributed by atoms with van der Waals surface area (Å²) in [4.78, 5) is 4.45. The van der Waals surface area contributed by atoms with E-state index in [1.807, 2.05) is 11.8 Å². The van der Waals surface area contributed by atoms with E-state index in [4.69, 9.17) is 0 Å². The standard InChI is InChI=1S/C9H19NS/c1-7(2)10-9(5)6-11-8(3)4/h7-8H,6H2,1-5H3. The van der Waals surface area contributed by atoms with E-state index in [1.54, 1.807) is 0 Å². The summed E-state index contributed by atoms with van der Waals surface area (Å²) in [6.45, 7) is 10.8. The zero-order chi connectivity index (χ0) is 8.85. The molecule has 0 saturated heterocycles. The molecule has 0 spiro atoms. The van der Waals surface area contributed by atoms with E-state index in [0.29, 0.717) is 11.3 Å². The largest absolute Gasteiger partial charge is 0.291 e. The van der Waals surface area contributed by atoms with Gasteiger partial charge in [0.1, 0.15) is 0 Å². The van der Waals surface area contributed by atoms with Crippen molar-refractivity contribution in [3.8, 4) is 0 Å². The average molecular weight is 173 g/mol. The average Bonchev–Trinajstić information content (AvgIpc) is 1.82. The van der Waals surface area contributed by atoms with Crippen molar-refractivity contribution in [2.45, 2.75) is 45.9 Å². The molecular formula is C9H19NS. The fraction of sp³-hybridized carbons (Fsp3) is 0.889. The highest BCUT2D eigenvalue weighted by Crippen LogP contribution is 2.09. The van der Waals surface area contributed by atoms with E-state index in [0.717, 1.165) is 5.75 Å². The summed E-state index contributed by atoms with van der Waals surface area (Å²) in [5.74, 6) is 1.08. The van der Waals surface area contributed by atoms with Crippen LogP contribution in [0.1, 0.15) is 34.6 Å². The number of thioether (sulfide) groups is 1. The normalized spacial score (nSPS) is 13.2. The zero-order valence-electron chi connectivity index (χ0n) is 8.22. The third kappa shape index (κ3) is 7.92. The molecule has 0 bridgehead atoms. The Labute approximate surface area is 74.7 Å². The molecule has 0 aromatic rings. The maximum atomic E-state index is 4.45. The molecule has 0 saturated carbocycles. The smallest absolute Gasteiger partial charge is 0.0442 e.